The van der Waals surface area contributed by atoms with E-state index in [9.17, 15) is 0 Å². The van der Waals surface area contributed by atoms with Crippen molar-refractivity contribution in [1.82, 2.24) is 5.32 Å². The van der Waals surface area contributed by atoms with Gasteiger partial charge in [0.2, 0.25) is 0 Å². The van der Waals surface area contributed by atoms with Gasteiger partial charge in [0.25, 0.3) is 0 Å². The summed E-state index contributed by atoms with van der Waals surface area (Å²) in [4.78, 5) is 0. The van der Waals surface area contributed by atoms with Crippen molar-refractivity contribution in [1.29, 1.82) is 0 Å². The monoisotopic (exact) mass is 261 g/mol. The first-order valence-electron chi connectivity index (χ1n) is 7.17. The third-order valence-corrected chi connectivity index (χ3v) is 5.95. The highest BCUT2D eigenvalue weighted by molar-refractivity contribution is 8.00. The van der Waals surface area contributed by atoms with E-state index in [0.717, 1.165) is 12.5 Å². The van der Waals surface area contributed by atoms with Gasteiger partial charge in [-0.2, -0.15) is 11.8 Å². The highest BCUT2D eigenvalue weighted by Gasteiger charge is 2.35. The summed E-state index contributed by atoms with van der Waals surface area (Å²) in [5.74, 6) is 0.862. The average Bonchev–Trinajstić information content (AvgIpc) is 3.17. The van der Waals surface area contributed by atoms with Gasteiger partial charge in [-0.25, -0.2) is 0 Å². The van der Waals surface area contributed by atoms with Gasteiger partial charge in [0, 0.05) is 17.8 Å². The van der Waals surface area contributed by atoms with Gasteiger partial charge in [-0.05, 0) is 49.0 Å². The molecule has 0 bridgehead atoms. The maximum Gasteiger partial charge on any atom is 0.0281 e. The molecule has 2 heteroatoms. The molecule has 0 aliphatic heterocycles. The van der Waals surface area contributed by atoms with E-state index in [1.807, 2.05) is 0 Å². The largest absolute Gasteiger partial charge is 0.311 e. The van der Waals surface area contributed by atoms with Crippen molar-refractivity contribution in [3.63, 3.8) is 0 Å². The third-order valence-electron chi connectivity index (χ3n) is 4.53. The third kappa shape index (κ3) is 2.60. The Labute approximate surface area is 115 Å². The lowest BCUT2D eigenvalue weighted by molar-refractivity contribution is 0.345. The molecule has 2 saturated carbocycles. The summed E-state index contributed by atoms with van der Waals surface area (Å²) in [5, 5.41) is 3.70. The highest BCUT2D eigenvalue weighted by Crippen LogP contribution is 2.43. The second-order valence-corrected chi connectivity index (χ2v) is 7.09. The van der Waals surface area contributed by atoms with Crippen molar-refractivity contribution in [3.05, 3.63) is 35.4 Å². The van der Waals surface area contributed by atoms with Crippen LogP contribution in [0.25, 0.3) is 0 Å². The Balaban J connectivity index is 1.56. The zero-order valence-electron chi connectivity index (χ0n) is 11.2. The van der Waals surface area contributed by atoms with Crippen molar-refractivity contribution < 1.29 is 0 Å². The minimum Gasteiger partial charge on any atom is -0.311 e. The molecule has 2 fully saturated rings. The molecule has 3 rings (SSSR count). The molecule has 1 N–H and O–H groups in total. The first-order valence-corrected chi connectivity index (χ1v) is 8.39. The Hall–Kier alpha value is -0.470. The van der Waals surface area contributed by atoms with Crippen LogP contribution in [0.15, 0.2) is 24.3 Å². The van der Waals surface area contributed by atoms with E-state index in [2.05, 4.69) is 47.6 Å². The first-order chi connectivity index (χ1) is 8.83. The summed E-state index contributed by atoms with van der Waals surface area (Å²) in [5.41, 5.74) is 3.12. The van der Waals surface area contributed by atoms with E-state index in [1.54, 1.807) is 5.56 Å². The van der Waals surface area contributed by atoms with Crippen molar-refractivity contribution in [2.75, 3.05) is 12.8 Å². The van der Waals surface area contributed by atoms with Crippen LogP contribution in [0.4, 0.5) is 0 Å². The first kappa shape index (κ1) is 12.6. The average molecular weight is 261 g/mol. The van der Waals surface area contributed by atoms with E-state index < -0.39 is 0 Å². The molecule has 1 aromatic rings. The number of hydrogen-bond acceptors (Lipinski definition) is 2. The minimum absolute atomic E-state index is 0.550. The van der Waals surface area contributed by atoms with Crippen LogP contribution in [-0.4, -0.2) is 17.5 Å². The van der Waals surface area contributed by atoms with Crippen LogP contribution >= 0.6 is 11.8 Å². The topological polar surface area (TPSA) is 12.0 Å². The van der Waals surface area contributed by atoms with Gasteiger partial charge in [0.15, 0.2) is 0 Å². The number of rotatable bonds is 6. The number of thioether (sulfide) groups is 1. The molecule has 1 nitrogen and oxygen atoms in total. The van der Waals surface area contributed by atoms with Crippen molar-refractivity contribution in [2.45, 2.75) is 49.3 Å². The van der Waals surface area contributed by atoms with Crippen molar-refractivity contribution in [3.8, 4) is 0 Å². The maximum absolute atomic E-state index is 3.70. The molecule has 2 aliphatic carbocycles. The fraction of sp³-hybridized carbons (Fsp3) is 0.625. The Morgan fingerprint density at radius 1 is 1.28 bits per heavy atom. The number of hydrogen-bond donors (Lipinski definition) is 1. The van der Waals surface area contributed by atoms with Gasteiger partial charge in [0.1, 0.15) is 0 Å². The van der Waals surface area contributed by atoms with E-state index in [0.29, 0.717) is 4.75 Å². The fourth-order valence-electron chi connectivity index (χ4n) is 2.94. The van der Waals surface area contributed by atoms with Gasteiger partial charge >= 0.3 is 0 Å². The second kappa shape index (κ2) is 5.26. The van der Waals surface area contributed by atoms with Crippen LogP contribution in [0.1, 0.15) is 49.1 Å². The molecule has 0 spiro atoms. The minimum atomic E-state index is 0.550. The van der Waals surface area contributed by atoms with Gasteiger partial charge in [0.05, 0.1) is 0 Å². The smallest absolute Gasteiger partial charge is 0.0281 e. The maximum atomic E-state index is 3.70. The number of benzene rings is 1. The molecule has 1 aromatic carbocycles. The highest BCUT2D eigenvalue weighted by atomic mass is 32.2. The Morgan fingerprint density at radius 2 is 2.06 bits per heavy atom. The number of nitrogens with one attached hydrogen (secondary N) is 1. The molecule has 98 valence electrons. The van der Waals surface area contributed by atoms with Gasteiger partial charge in [-0.15, -0.1) is 0 Å². The summed E-state index contributed by atoms with van der Waals surface area (Å²) < 4.78 is 0.550. The van der Waals surface area contributed by atoms with Crippen molar-refractivity contribution in [2.24, 2.45) is 0 Å². The molecule has 0 radical (unpaired) electrons. The van der Waals surface area contributed by atoms with Gasteiger partial charge in [-0.3, -0.25) is 0 Å². The summed E-state index contributed by atoms with van der Waals surface area (Å²) >= 11 is 2.05. The Morgan fingerprint density at radius 3 is 2.67 bits per heavy atom. The van der Waals surface area contributed by atoms with Crippen molar-refractivity contribution >= 4 is 11.8 Å². The predicted molar refractivity (Wildman–Crippen MR) is 80.2 cm³/mol. The zero-order chi connectivity index (χ0) is 12.4. The molecule has 0 saturated heterocycles. The van der Waals surface area contributed by atoms with Crippen LogP contribution in [0.2, 0.25) is 0 Å². The summed E-state index contributed by atoms with van der Waals surface area (Å²) in [6.45, 7) is 2.22. The molecule has 0 amide bonds. The Bertz CT molecular complexity index is 402. The van der Waals surface area contributed by atoms with Crippen LogP contribution in [0.3, 0.4) is 0 Å². The lowest BCUT2D eigenvalue weighted by Crippen LogP contribution is -2.43. The SMILES string of the molecule is CSC1(CNCc2ccccc2C2CC2)CCC1. The molecule has 0 aromatic heterocycles. The Kier molecular flexibility index (Phi) is 3.67. The van der Waals surface area contributed by atoms with Gasteiger partial charge < -0.3 is 5.32 Å². The molecular formula is C16H23NS. The van der Waals surface area contributed by atoms with E-state index in [-0.39, 0.29) is 0 Å². The summed E-state index contributed by atoms with van der Waals surface area (Å²) in [6, 6.07) is 8.98. The van der Waals surface area contributed by atoms with Crippen LogP contribution in [0.5, 0.6) is 0 Å². The van der Waals surface area contributed by atoms with E-state index >= 15 is 0 Å². The molecular weight excluding hydrogens is 238 g/mol. The van der Waals surface area contributed by atoms with Crippen LogP contribution in [0, 0.1) is 0 Å². The summed E-state index contributed by atoms with van der Waals surface area (Å²) in [7, 11) is 0. The molecule has 0 heterocycles. The normalized spacial score (nSPS) is 21.6. The lowest BCUT2D eigenvalue weighted by Gasteiger charge is -2.40. The predicted octanol–water partition coefficient (Wildman–Crippen LogP) is 3.94. The molecule has 0 atom stereocenters. The van der Waals surface area contributed by atoms with Gasteiger partial charge in [-0.1, -0.05) is 30.7 Å². The quantitative estimate of drug-likeness (QED) is 0.832. The summed E-state index contributed by atoms with van der Waals surface area (Å²) in [6.07, 6.45) is 9.26. The fourth-order valence-corrected chi connectivity index (χ4v) is 3.88. The molecule has 2 aliphatic rings. The van der Waals surface area contributed by atoms with E-state index in [1.165, 1.54) is 44.2 Å². The van der Waals surface area contributed by atoms with E-state index in [4.69, 9.17) is 0 Å². The lowest BCUT2D eigenvalue weighted by atomic mass is 9.84. The van der Waals surface area contributed by atoms with Crippen LogP contribution in [-0.2, 0) is 6.54 Å². The van der Waals surface area contributed by atoms with Crippen LogP contribution < -0.4 is 5.32 Å². The standard InChI is InChI=1S/C16H23NS/c1-18-16(9-4-10-16)12-17-11-14-5-2-3-6-15(14)13-7-8-13/h2-3,5-6,13,17H,4,7-12H2,1H3. The zero-order valence-corrected chi connectivity index (χ0v) is 12.1. The second-order valence-electron chi connectivity index (χ2n) is 5.82. The molecule has 18 heavy (non-hydrogen) atoms. The molecule has 0 unspecified atom stereocenters.